The molecule has 2 unspecified atom stereocenters. The van der Waals surface area contributed by atoms with Crippen LogP contribution in [-0.4, -0.2) is 4.98 Å². The maximum atomic E-state index is 5.05. The lowest BCUT2D eigenvalue weighted by Crippen LogP contribution is -2.15. The summed E-state index contributed by atoms with van der Waals surface area (Å²) < 4.78 is 0. The molecule has 32 heavy (non-hydrogen) atoms. The fourth-order valence-electron chi connectivity index (χ4n) is 4.27. The number of anilines is 2. The van der Waals surface area contributed by atoms with Crippen LogP contribution in [0.1, 0.15) is 99.1 Å². The molecular formula is C29H39N3. The van der Waals surface area contributed by atoms with Gasteiger partial charge in [0.2, 0.25) is 0 Å². The molecule has 170 valence electrons. The molecule has 0 amide bonds. The van der Waals surface area contributed by atoms with E-state index in [0.29, 0.717) is 11.8 Å². The Morgan fingerprint density at radius 1 is 0.562 bits per heavy atom. The largest absolute Gasteiger partial charge is 0.377 e. The van der Waals surface area contributed by atoms with E-state index in [1.54, 1.807) is 0 Å². The van der Waals surface area contributed by atoms with Gasteiger partial charge in [0.1, 0.15) is 0 Å². The van der Waals surface area contributed by atoms with Gasteiger partial charge in [0.05, 0.1) is 23.5 Å². The van der Waals surface area contributed by atoms with Gasteiger partial charge in [-0.25, -0.2) is 0 Å². The van der Waals surface area contributed by atoms with Gasteiger partial charge in [-0.15, -0.1) is 0 Å². The standard InChI is InChI=1S/C29H39N3/c1-18(2)24-14-9-12-20(5)28(24)30-22(7)26-16-11-17-27(32-26)23(8)31-29-21(6)13-10-15-25(29)19(3)4/h9-19,22-23,30-31H,1-8H3. The van der Waals surface area contributed by atoms with Gasteiger partial charge in [-0.2, -0.15) is 0 Å². The van der Waals surface area contributed by atoms with E-state index < -0.39 is 0 Å². The van der Waals surface area contributed by atoms with Gasteiger partial charge in [-0.1, -0.05) is 70.2 Å². The Hall–Kier alpha value is -2.81. The molecule has 3 heteroatoms. The zero-order valence-electron chi connectivity index (χ0n) is 21.0. The molecule has 3 aromatic rings. The molecule has 1 heterocycles. The Balaban J connectivity index is 1.84. The maximum Gasteiger partial charge on any atom is 0.0657 e. The van der Waals surface area contributed by atoms with Crippen molar-refractivity contribution >= 4 is 11.4 Å². The summed E-state index contributed by atoms with van der Waals surface area (Å²) in [5, 5.41) is 7.48. The van der Waals surface area contributed by atoms with Crippen molar-refractivity contribution < 1.29 is 0 Å². The zero-order chi connectivity index (χ0) is 23.4. The second kappa shape index (κ2) is 10.2. The first-order valence-corrected chi connectivity index (χ1v) is 11.9. The van der Waals surface area contributed by atoms with Crippen LogP contribution in [0.5, 0.6) is 0 Å². The minimum absolute atomic E-state index is 0.116. The third kappa shape index (κ3) is 5.32. The monoisotopic (exact) mass is 429 g/mol. The number of pyridine rings is 1. The Kier molecular flexibility index (Phi) is 7.60. The predicted octanol–water partition coefficient (Wildman–Crippen LogP) is 8.29. The summed E-state index contributed by atoms with van der Waals surface area (Å²) in [4.78, 5) is 5.05. The minimum Gasteiger partial charge on any atom is -0.377 e. The van der Waals surface area contributed by atoms with Crippen molar-refractivity contribution in [3.8, 4) is 0 Å². The number of hydrogen-bond donors (Lipinski definition) is 2. The highest BCUT2D eigenvalue weighted by Gasteiger charge is 2.17. The van der Waals surface area contributed by atoms with E-state index in [4.69, 9.17) is 4.98 Å². The molecule has 3 rings (SSSR count). The first-order valence-electron chi connectivity index (χ1n) is 11.9. The van der Waals surface area contributed by atoms with Crippen LogP contribution in [0.2, 0.25) is 0 Å². The molecule has 2 atom stereocenters. The number of para-hydroxylation sites is 2. The molecule has 1 aromatic heterocycles. The molecule has 0 aliphatic carbocycles. The zero-order valence-corrected chi connectivity index (χ0v) is 21.0. The summed E-state index contributed by atoms with van der Waals surface area (Å²) >= 11 is 0. The molecule has 0 saturated carbocycles. The molecule has 0 spiro atoms. The van der Waals surface area contributed by atoms with Gasteiger partial charge in [0.15, 0.2) is 0 Å². The van der Waals surface area contributed by atoms with Crippen molar-refractivity contribution in [1.82, 2.24) is 4.98 Å². The molecule has 0 saturated heterocycles. The van der Waals surface area contributed by atoms with Gasteiger partial charge < -0.3 is 10.6 Å². The van der Waals surface area contributed by atoms with Crippen molar-refractivity contribution in [2.24, 2.45) is 0 Å². The number of rotatable bonds is 8. The Morgan fingerprint density at radius 3 is 1.31 bits per heavy atom. The normalized spacial score (nSPS) is 13.3. The first-order chi connectivity index (χ1) is 15.2. The minimum atomic E-state index is 0.116. The smallest absolute Gasteiger partial charge is 0.0657 e. The van der Waals surface area contributed by atoms with Crippen molar-refractivity contribution in [2.75, 3.05) is 10.6 Å². The second-order valence-corrected chi connectivity index (χ2v) is 9.61. The van der Waals surface area contributed by atoms with E-state index in [0.717, 1.165) is 11.4 Å². The van der Waals surface area contributed by atoms with Crippen LogP contribution in [0.15, 0.2) is 54.6 Å². The van der Waals surface area contributed by atoms with Crippen LogP contribution >= 0.6 is 0 Å². The van der Waals surface area contributed by atoms with E-state index >= 15 is 0 Å². The molecular weight excluding hydrogens is 390 g/mol. The number of benzene rings is 2. The van der Waals surface area contributed by atoms with Gasteiger partial charge in [-0.05, 0) is 73.9 Å². The van der Waals surface area contributed by atoms with Crippen LogP contribution in [0.3, 0.4) is 0 Å². The molecule has 3 nitrogen and oxygen atoms in total. The molecule has 2 aromatic carbocycles. The van der Waals surface area contributed by atoms with Crippen molar-refractivity contribution in [2.45, 2.75) is 79.3 Å². The fraction of sp³-hybridized carbons (Fsp3) is 0.414. The van der Waals surface area contributed by atoms with Gasteiger partial charge in [0.25, 0.3) is 0 Å². The Labute approximate surface area is 194 Å². The summed E-state index contributed by atoms with van der Waals surface area (Å²) in [7, 11) is 0. The van der Waals surface area contributed by atoms with Crippen LogP contribution in [0.25, 0.3) is 0 Å². The van der Waals surface area contributed by atoms with E-state index in [9.17, 15) is 0 Å². The number of nitrogens with zero attached hydrogens (tertiary/aromatic N) is 1. The molecule has 2 N–H and O–H groups in total. The Morgan fingerprint density at radius 2 is 0.938 bits per heavy atom. The predicted molar refractivity (Wildman–Crippen MR) is 139 cm³/mol. The summed E-state index contributed by atoms with van der Waals surface area (Å²) in [6.45, 7) is 17.7. The lowest BCUT2D eigenvalue weighted by Gasteiger charge is -2.24. The van der Waals surface area contributed by atoms with Crippen molar-refractivity contribution in [1.29, 1.82) is 0 Å². The Bertz CT molecular complexity index is 971. The maximum absolute atomic E-state index is 5.05. The lowest BCUT2D eigenvalue weighted by molar-refractivity contribution is 0.770. The number of aryl methyl sites for hydroxylation is 2. The molecule has 0 bridgehead atoms. The van der Waals surface area contributed by atoms with Gasteiger partial charge in [0, 0.05) is 11.4 Å². The van der Waals surface area contributed by atoms with Crippen LogP contribution in [-0.2, 0) is 0 Å². The molecule has 0 radical (unpaired) electrons. The topological polar surface area (TPSA) is 37.0 Å². The van der Waals surface area contributed by atoms with Crippen LogP contribution in [0, 0.1) is 13.8 Å². The lowest BCUT2D eigenvalue weighted by atomic mass is 9.97. The number of hydrogen-bond acceptors (Lipinski definition) is 3. The number of nitrogens with one attached hydrogen (secondary N) is 2. The van der Waals surface area contributed by atoms with E-state index in [1.165, 1.54) is 33.6 Å². The highest BCUT2D eigenvalue weighted by Crippen LogP contribution is 2.32. The quantitative estimate of drug-likeness (QED) is 0.378. The summed E-state index contributed by atoms with van der Waals surface area (Å²) in [5.41, 5.74) is 9.83. The van der Waals surface area contributed by atoms with Gasteiger partial charge >= 0.3 is 0 Å². The van der Waals surface area contributed by atoms with Crippen LogP contribution in [0.4, 0.5) is 11.4 Å². The van der Waals surface area contributed by atoms with Crippen LogP contribution < -0.4 is 10.6 Å². The summed E-state index contributed by atoms with van der Waals surface area (Å²) in [5.74, 6) is 0.940. The first kappa shape index (κ1) is 23.8. The van der Waals surface area contributed by atoms with E-state index in [1.807, 2.05) is 0 Å². The third-order valence-electron chi connectivity index (χ3n) is 6.26. The fourth-order valence-corrected chi connectivity index (χ4v) is 4.27. The average molecular weight is 430 g/mol. The summed E-state index contributed by atoms with van der Waals surface area (Å²) in [6.07, 6.45) is 0. The van der Waals surface area contributed by atoms with Crippen molar-refractivity contribution in [3.05, 3.63) is 88.2 Å². The second-order valence-electron chi connectivity index (χ2n) is 9.61. The third-order valence-corrected chi connectivity index (χ3v) is 6.26. The van der Waals surface area contributed by atoms with Crippen molar-refractivity contribution in [3.63, 3.8) is 0 Å². The average Bonchev–Trinajstić information content (AvgIpc) is 2.76. The molecule has 0 aliphatic rings. The molecule has 0 aliphatic heterocycles. The number of aromatic nitrogens is 1. The highest BCUT2D eigenvalue weighted by molar-refractivity contribution is 5.60. The highest BCUT2D eigenvalue weighted by atomic mass is 15.0. The summed E-state index contributed by atoms with van der Waals surface area (Å²) in [6, 6.07) is 19.7. The van der Waals surface area contributed by atoms with Gasteiger partial charge in [-0.3, -0.25) is 4.98 Å². The SMILES string of the molecule is Cc1cccc(C(C)C)c1NC(C)c1cccc(C(C)Nc2c(C)cccc2C(C)C)n1. The van der Waals surface area contributed by atoms with E-state index in [2.05, 4.69) is 121 Å². The molecule has 0 fully saturated rings. The van der Waals surface area contributed by atoms with E-state index in [-0.39, 0.29) is 12.1 Å².